The molecule has 2 heterocycles. The molecule has 0 aliphatic carbocycles. The van der Waals surface area contributed by atoms with Gasteiger partial charge >= 0.3 is 12.1 Å². The van der Waals surface area contributed by atoms with Gasteiger partial charge in [-0.15, -0.1) is 0 Å². The topological polar surface area (TPSA) is 139 Å². The zero-order chi connectivity index (χ0) is 31.7. The van der Waals surface area contributed by atoms with Crippen LogP contribution in [-0.2, 0) is 16.2 Å². The van der Waals surface area contributed by atoms with E-state index in [9.17, 15) is 23.2 Å². The molecule has 0 atom stereocenters. The van der Waals surface area contributed by atoms with Gasteiger partial charge in [0.2, 0.25) is 0 Å². The Balaban J connectivity index is 1.60. The molecule has 1 fully saturated rings. The van der Waals surface area contributed by atoms with E-state index in [-0.39, 0.29) is 23.6 Å². The SMILES string of the molecule is CONC(=O)Nc1ccc2c(c1)N(C)C/C(=C1/C(=N)N(Cc3c(F)cccc3F)C(=O)N(c3cccc(OC)c3F)C1=O)N2. The van der Waals surface area contributed by atoms with Gasteiger partial charge in [0.05, 0.1) is 50.1 Å². The highest BCUT2D eigenvalue weighted by atomic mass is 19.1. The van der Waals surface area contributed by atoms with Gasteiger partial charge in [0, 0.05) is 18.3 Å². The van der Waals surface area contributed by atoms with Crippen molar-refractivity contribution in [2.75, 3.05) is 48.2 Å². The molecule has 15 heteroatoms. The fourth-order valence-corrected chi connectivity index (χ4v) is 4.90. The first-order valence-electron chi connectivity index (χ1n) is 13.0. The van der Waals surface area contributed by atoms with E-state index >= 15 is 4.39 Å². The number of halogens is 3. The average molecular weight is 610 g/mol. The van der Waals surface area contributed by atoms with Crippen molar-refractivity contribution in [1.82, 2.24) is 10.4 Å². The first kappa shape index (κ1) is 29.9. The zero-order valence-corrected chi connectivity index (χ0v) is 23.6. The monoisotopic (exact) mass is 609 g/mol. The Morgan fingerprint density at radius 1 is 1.02 bits per heavy atom. The van der Waals surface area contributed by atoms with Gasteiger partial charge in [-0.3, -0.25) is 19.9 Å². The highest BCUT2D eigenvalue weighted by Gasteiger charge is 2.44. The molecule has 4 N–H and O–H groups in total. The Kier molecular flexibility index (Phi) is 8.13. The molecule has 5 rings (SSSR count). The van der Waals surface area contributed by atoms with Gasteiger partial charge in [-0.05, 0) is 42.5 Å². The normalized spacial score (nSPS) is 16.5. The quantitative estimate of drug-likeness (QED) is 0.237. The fraction of sp³-hybridized carbons (Fsp3) is 0.172. The summed E-state index contributed by atoms with van der Waals surface area (Å²) in [6.07, 6.45) is 0. The number of hydrogen-bond acceptors (Lipinski definition) is 8. The van der Waals surface area contributed by atoms with E-state index in [4.69, 9.17) is 10.1 Å². The number of carbonyl (C=O) groups is 3. The molecule has 1 saturated heterocycles. The van der Waals surface area contributed by atoms with Crippen LogP contribution in [-0.4, -0.2) is 56.5 Å². The first-order chi connectivity index (χ1) is 21.0. The lowest BCUT2D eigenvalue weighted by Crippen LogP contribution is -2.57. The number of nitrogens with one attached hydrogen (secondary N) is 4. The smallest absolute Gasteiger partial charge is 0.343 e. The highest BCUT2D eigenvalue weighted by Crippen LogP contribution is 2.37. The van der Waals surface area contributed by atoms with Gasteiger partial charge in [0.15, 0.2) is 11.6 Å². The van der Waals surface area contributed by atoms with Crippen LogP contribution < -0.4 is 30.7 Å². The van der Waals surface area contributed by atoms with Crippen LogP contribution in [0.1, 0.15) is 5.56 Å². The molecule has 44 heavy (non-hydrogen) atoms. The number of hydrogen-bond donors (Lipinski definition) is 4. The van der Waals surface area contributed by atoms with Crippen LogP contribution in [0.2, 0.25) is 0 Å². The second-order valence-electron chi connectivity index (χ2n) is 9.68. The number of imide groups is 1. The lowest BCUT2D eigenvalue weighted by molar-refractivity contribution is -0.114. The molecule has 0 bridgehead atoms. The Hall–Kier alpha value is -5.57. The summed E-state index contributed by atoms with van der Waals surface area (Å²) in [5.74, 6) is -4.89. The van der Waals surface area contributed by atoms with Gasteiger partial charge in [-0.25, -0.2) is 33.1 Å². The summed E-state index contributed by atoms with van der Waals surface area (Å²) in [5, 5.41) is 14.6. The summed E-state index contributed by atoms with van der Waals surface area (Å²) in [4.78, 5) is 47.1. The number of fused-ring (bicyclic) bond motifs is 1. The van der Waals surface area contributed by atoms with Crippen LogP contribution in [0.5, 0.6) is 5.75 Å². The van der Waals surface area contributed by atoms with Crippen molar-refractivity contribution < 1.29 is 37.1 Å². The Labute approximate surface area is 249 Å². The first-order valence-corrected chi connectivity index (χ1v) is 13.0. The van der Waals surface area contributed by atoms with E-state index in [0.717, 1.165) is 18.2 Å². The third-order valence-electron chi connectivity index (χ3n) is 6.97. The minimum atomic E-state index is -1.19. The maximum absolute atomic E-state index is 15.4. The predicted molar refractivity (Wildman–Crippen MR) is 155 cm³/mol. The number of nitrogens with zero attached hydrogens (tertiary/aromatic N) is 3. The van der Waals surface area contributed by atoms with E-state index in [0.29, 0.717) is 26.9 Å². The number of likely N-dealkylation sites (N-methyl/N-ethyl adjacent to an activating group) is 1. The van der Waals surface area contributed by atoms with Crippen LogP contribution in [0, 0.1) is 22.9 Å². The molecule has 0 unspecified atom stereocenters. The van der Waals surface area contributed by atoms with Crippen molar-refractivity contribution in [1.29, 1.82) is 5.41 Å². The molecular weight excluding hydrogens is 583 g/mol. The van der Waals surface area contributed by atoms with E-state index in [1.165, 1.54) is 32.4 Å². The minimum Gasteiger partial charge on any atom is -0.494 e. The van der Waals surface area contributed by atoms with Gasteiger partial charge in [-0.1, -0.05) is 12.1 Å². The van der Waals surface area contributed by atoms with Crippen molar-refractivity contribution >= 4 is 46.6 Å². The summed E-state index contributed by atoms with van der Waals surface area (Å²) >= 11 is 0. The van der Waals surface area contributed by atoms with Crippen molar-refractivity contribution in [2.45, 2.75) is 6.54 Å². The lowest BCUT2D eigenvalue weighted by Gasteiger charge is -2.39. The number of urea groups is 2. The standard InChI is InChI=1S/C29H26F3N7O5/c1-37-14-20(35-19-11-10-15(12-22(19)37)34-28(41)36-44-3)24-26(33)38(13-16-17(30)6-4-7-18(16)31)29(42)39(27(24)40)21-8-5-9-23(43-2)25(21)32/h4-12,33,35H,13-14H2,1-3H3,(H2,34,36,41)/b24-20+,33-26?. The highest BCUT2D eigenvalue weighted by molar-refractivity contribution is 6.38. The summed E-state index contributed by atoms with van der Waals surface area (Å²) in [6.45, 7) is -0.762. The predicted octanol–water partition coefficient (Wildman–Crippen LogP) is 4.56. The number of ether oxygens (including phenoxy) is 1. The Bertz CT molecular complexity index is 1710. The summed E-state index contributed by atoms with van der Waals surface area (Å²) in [7, 11) is 4.19. The molecular formula is C29H26F3N7O5. The number of benzene rings is 3. The number of hydroxylamine groups is 1. The largest absolute Gasteiger partial charge is 0.494 e. The molecule has 0 aromatic heterocycles. The van der Waals surface area contributed by atoms with Gasteiger partial charge in [0.1, 0.15) is 23.0 Å². The average Bonchev–Trinajstić information content (AvgIpc) is 2.98. The van der Waals surface area contributed by atoms with Crippen molar-refractivity contribution in [3.63, 3.8) is 0 Å². The van der Waals surface area contributed by atoms with Crippen molar-refractivity contribution in [3.05, 3.63) is 88.9 Å². The maximum Gasteiger partial charge on any atom is 0.343 e. The molecule has 228 valence electrons. The second kappa shape index (κ2) is 12.0. The zero-order valence-electron chi connectivity index (χ0n) is 23.6. The molecule has 2 aliphatic heterocycles. The van der Waals surface area contributed by atoms with Gasteiger partial charge in [0.25, 0.3) is 5.91 Å². The molecule has 0 radical (unpaired) electrons. The summed E-state index contributed by atoms with van der Waals surface area (Å²) < 4.78 is 49.8. The molecule has 0 saturated carbocycles. The molecule has 5 amide bonds. The van der Waals surface area contributed by atoms with Gasteiger partial charge in [-0.2, -0.15) is 0 Å². The number of amidine groups is 1. The molecule has 3 aromatic rings. The van der Waals surface area contributed by atoms with E-state index < -0.39 is 59.1 Å². The third kappa shape index (κ3) is 5.35. The maximum atomic E-state index is 15.4. The van der Waals surface area contributed by atoms with Crippen LogP contribution in [0.3, 0.4) is 0 Å². The number of carbonyl (C=O) groups excluding carboxylic acids is 3. The summed E-state index contributed by atoms with van der Waals surface area (Å²) in [5.41, 5.74) is 2.48. The van der Waals surface area contributed by atoms with Crippen LogP contribution in [0.4, 0.5) is 45.5 Å². The minimum absolute atomic E-state index is 0.00526. The molecule has 3 aromatic carbocycles. The fourth-order valence-electron chi connectivity index (χ4n) is 4.90. The lowest BCUT2D eigenvalue weighted by atomic mass is 10.0. The Morgan fingerprint density at radius 2 is 1.73 bits per heavy atom. The number of methoxy groups -OCH3 is 1. The van der Waals surface area contributed by atoms with Crippen LogP contribution in [0.25, 0.3) is 0 Å². The third-order valence-corrected chi connectivity index (χ3v) is 6.97. The van der Waals surface area contributed by atoms with E-state index in [2.05, 4.69) is 21.0 Å². The van der Waals surface area contributed by atoms with E-state index in [1.54, 1.807) is 30.1 Å². The Morgan fingerprint density at radius 3 is 2.41 bits per heavy atom. The second-order valence-corrected chi connectivity index (χ2v) is 9.68. The number of amides is 5. The molecule has 12 nitrogen and oxygen atoms in total. The molecule has 0 spiro atoms. The molecule has 2 aliphatic rings. The van der Waals surface area contributed by atoms with Crippen LogP contribution in [0.15, 0.2) is 65.9 Å². The summed E-state index contributed by atoms with van der Waals surface area (Å²) in [6, 6.07) is 10.0. The van der Waals surface area contributed by atoms with Crippen LogP contribution >= 0.6 is 0 Å². The van der Waals surface area contributed by atoms with Crippen molar-refractivity contribution in [2.24, 2.45) is 0 Å². The number of rotatable bonds is 6. The van der Waals surface area contributed by atoms with E-state index in [1.807, 2.05) is 0 Å². The number of anilines is 4. The van der Waals surface area contributed by atoms with Gasteiger partial charge < -0.3 is 20.3 Å². The van der Waals surface area contributed by atoms with Crippen molar-refractivity contribution in [3.8, 4) is 5.75 Å².